The second-order valence-corrected chi connectivity index (χ2v) is 8.93. The Morgan fingerprint density at radius 1 is 0.742 bits per heavy atom. The number of para-hydroxylation sites is 1. The van der Waals surface area contributed by atoms with Crippen molar-refractivity contribution < 1.29 is 18.0 Å². The standard InChI is InChI=1S/C22H14N4O4S/c27-20-16-8-4-5-9-17(16)21(28)19-12-14(10-11-18(19)20)13-31(29,30)22-23-24-25-26(22)15-6-2-1-3-7-15/h1-12H,13H2. The maximum atomic E-state index is 13.1. The molecule has 1 aromatic heterocycles. The van der Waals surface area contributed by atoms with E-state index in [0.29, 0.717) is 22.4 Å². The summed E-state index contributed by atoms with van der Waals surface area (Å²) in [5.41, 5.74) is 1.99. The highest BCUT2D eigenvalue weighted by Gasteiger charge is 2.30. The normalized spacial score (nSPS) is 13.0. The molecule has 8 nitrogen and oxygen atoms in total. The molecule has 1 aliphatic carbocycles. The van der Waals surface area contributed by atoms with Gasteiger partial charge in [-0.2, -0.15) is 4.68 Å². The largest absolute Gasteiger partial charge is 0.289 e. The first-order valence-electron chi connectivity index (χ1n) is 9.33. The van der Waals surface area contributed by atoms with E-state index in [1.165, 1.54) is 18.2 Å². The number of carbonyl (C=O) groups excluding carboxylic acids is 2. The molecule has 0 amide bonds. The molecule has 1 aliphatic rings. The maximum Gasteiger partial charge on any atom is 0.272 e. The van der Waals surface area contributed by atoms with Crippen LogP contribution in [0.15, 0.2) is 78.0 Å². The van der Waals surface area contributed by atoms with Gasteiger partial charge in [0.1, 0.15) is 0 Å². The van der Waals surface area contributed by atoms with E-state index in [-0.39, 0.29) is 27.8 Å². The number of sulfone groups is 1. The van der Waals surface area contributed by atoms with Gasteiger partial charge in [-0.05, 0) is 40.3 Å². The van der Waals surface area contributed by atoms with Gasteiger partial charge in [-0.3, -0.25) is 9.59 Å². The van der Waals surface area contributed by atoms with Gasteiger partial charge in [0, 0.05) is 22.3 Å². The van der Waals surface area contributed by atoms with Crippen molar-refractivity contribution in [2.75, 3.05) is 0 Å². The number of tetrazole rings is 1. The number of ketones is 2. The third-order valence-corrected chi connectivity index (χ3v) is 6.59. The highest BCUT2D eigenvalue weighted by molar-refractivity contribution is 7.90. The molecule has 0 saturated heterocycles. The fourth-order valence-corrected chi connectivity index (χ4v) is 4.94. The molecule has 9 heteroatoms. The summed E-state index contributed by atoms with van der Waals surface area (Å²) in [5, 5.41) is 10.7. The number of carbonyl (C=O) groups is 2. The lowest BCUT2D eigenvalue weighted by Crippen LogP contribution is -2.21. The number of hydrogen-bond donors (Lipinski definition) is 0. The number of fused-ring (bicyclic) bond motifs is 2. The van der Waals surface area contributed by atoms with Crippen LogP contribution in [-0.4, -0.2) is 40.2 Å². The van der Waals surface area contributed by atoms with Crippen LogP contribution in [-0.2, 0) is 15.6 Å². The average molecular weight is 430 g/mol. The van der Waals surface area contributed by atoms with E-state index in [2.05, 4.69) is 15.5 Å². The van der Waals surface area contributed by atoms with Crippen molar-refractivity contribution in [3.63, 3.8) is 0 Å². The van der Waals surface area contributed by atoms with Crippen molar-refractivity contribution in [3.8, 4) is 5.69 Å². The summed E-state index contributed by atoms with van der Waals surface area (Å²) in [6.07, 6.45) is 0. The van der Waals surface area contributed by atoms with E-state index in [0.717, 1.165) is 4.68 Å². The number of aromatic nitrogens is 4. The number of nitrogens with zero attached hydrogens (tertiary/aromatic N) is 4. The zero-order valence-electron chi connectivity index (χ0n) is 16.0. The van der Waals surface area contributed by atoms with Gasteiger partial charge < -0.3 is 0 Å². The Morgan fingerprint density at radius 3 is 2.06 bits per heavy atom. The summed E-state index contributed by atoms with van der Waals surface area (Å²) in [6.45, 7) is 0. The molecule has 5 rings (SSSR count). The van der Waals surface area contributed by atoms with Crippen LogP contribution in [0.4, 0.5) is 0 Å². The Hall–Kier alpha value is -3.98. The van der Waals surface area contributed by atoms with Gasteiger partial charge in [0.2, 0.25) is 9.84 Å². The second-order valence-electron chi connectivity index (χ2n) is 7.05. The van der Waals surface area contributed by atoms with E-state index >= 15 is 0 Å². The first kappa shape index (κ1) is 19.0. The molecular formula is C22H14N4O4S. The molecular weight excluding hydrogens is 416 g/mol. The monoisotopic (exact) mass is 430 g/mol. The third-order valence-electron chi connectivity index (χ3n) is 5.07. The molecule has 0 N–H and O–H groups in total. The second kappa shape index (κ2) is 7.06. The average Bonchev–Trinajstić information content (AvgIpc) is 3.29. The lowest BCUT2D eigenvalue weighted by atomic mass is 9.83. The molecule has 0 bridgehead atoms. The molecule has 152 valence electrons. The Labute approximate surface area is 177 Å². The summed E-state index contributed by atoms with van der Waals surface area (Å²) in [5.74, 6) is -0.984. The molecule has 31 heavy (non-hydrogen) atoms. The zero-order valence-corrected chi connectivity index (χ0v) is 16.8. The molecule has 0 atom stereocenters. The minimum absolute atomic E-state index is 0.194. The number of hydrogen-bond acceptors (Lipinski definition) is 7. The topological polar surface area (TPSA) is 112 Å². The first-order chi connectivity index (χ1) is 15.0. The van der Waals surface area contributed by atoms with Gasteiger partial charge in [0.25, 0.3) is 5.16 Å². The van der Waals surface area contributed by atoms with E-state index < -0.39 is 15.6 Å². The summed E-state index contributed by atoms with van der Waals surface area (Å²) >= 11 is 0. The quantitative estimate of drug-likeness (QED) is 0.430. The molecule has 4 aromatic rings. The SMILES string of the molecule is O=C1c2ccccc2C(=O)c2cc(CS(=O)(=O)c3nnnn3-c3ccccc3)ccc21. The van der Waals surface area contributed by atoms with Crippen molar-refractivity contribution in [1.82, 2.24) is 20.2 Å². The lowest BCUT2D eigenvalue weighted by molar-refractivity contribution is 0.0979. The van der Waals surface area contributed by atoms with Gasteiger partial charge in [0.15, 0.2) is 11.6 Å². The zero-order chi connectivity index (χ0) is 21.6. The molecule has 0 fully saturated rings. The van der Waals surface area contributed by atoms with Crippen LogP contribution >= 0.6 is 0 Å². The van der Waals surface area contributed by atoms with Crippen LogP contribution in [0.2, 0.25) is 0 Å². The van der Waals surface area contributed by atoms with Crippen molar-refractivity contribution in [2.45, 2.75) is 10.9 Å². The number of benzene rings is 3. The van der Waals surface area contributed by atoms with Crippen LogP contribution in [0.5, 0.6) is 0 Å². The lowest BCUT2D eigenvalue weighted by Gasteiger charge is -2.18. The molecule has 0 spiro atoms. The van der Waals surface area contributed by atoms with Crippen LogP contribution < -0.4 is 0 Å². The molecule has 3 aromatic carbocycles. The van der Waals surface area contributed by atoms with Gasteiger partial charge in [0.05, 0.1) is 11.4 Å². The van der Waals surface area contributed by atoms with Crippen LogP contribution in [0.3, 0.4) is 0 Å². The summed E-state index contributed by atoms with van der Waals surface area (Å²) in [7, 11) is -3.94. The Bertz CT molecular complexity index is 1460. The maximum absolute atomic E-state index is 13.1. The Morgan fingerprint density at radius 2 is 1.35 bits per heavy atom. The highest BCUT2D eigenvalue weighted by atomic mass is 32.2. The molecule has 0 saturated carbocycles. The molecule has 0 unspecified atom stereocenters. The Kier molecular flexibility index (Phi) is 4.33. The van der Waals surface area contributed by atoms with E-state index in [4.69, 9.17) is 0 Å². The van der Waals surface area contributed by atoms with Crippen LogP contribution in [0.1, 0.15) is 37.4 Å². The van der Waals surface area contributed by atoms with Crippen molar-refractivity contribution in [1.29, 1.82) is 0 Å². The van der Waals surface area contributed by atoms with E-state index in [1.54, 1.807) is 54.6 Å². The van der Waals surface area contributed by atoms with Gasteiger partial charge in [-0.1, -0.05) is 53.6 Å². The fraction of sp³-hybridized carbons (Fsp3) is 0.0455. The first-order valence-corrected chi connectivity index (χ1v) is 11.0. The van der Waals surface area contributed by atoms with Crippen molar-refractivity contribution >= 4 is 21.4 Å². The summed E-state index contributed by atoms with van der Waals surface area (Å²) in [4.78, 5) is 25.6. The van der Waals surface area contributed by atoms with Crippen LogP contribution in [0, 0.1) is 0 Å². The predicted octanol–water partition coefficient (Wildman–Crippen LogP) is 2.41. The fourth-order valence-electron chi connectivity index (χ4n) is 3.62. The number of rotatable bonds is 4. The third kappa shape index (κ3) is 3.15. The molecule has 0 radical (unpaired) electrons. The van der Waals surface area contributed by atoms with Crippen molar-refractivity contribution in [2.24, 2.45) is 0 Å². The molecule has 1 heterocycles. The summed E-state index contributed by atoms with van der Waals surface area (Å²) in [6, 6.07) is 19.8. The van der Waals surface area contributed by atoms with Gasteiger partial charge in [-0.25, -0.2) is 8.42 Å². The highest BCUT2D eigenvalue weighted by Crippen LogP contribution is 2.29. The van der Waals surface area contributed by atoms with Gasteiger partial charge in [-0.15, -0.1) is 0 Å². The predicted molar refractivity (Wildman–Crippen MR) is 110 cm³/mol. The van der Waals surface area contributed by atoms with E-state index in [1.807, 2.05) is 0 Å². The minimum atomic E-state index is -3.94. The van der Waals surface area contributed by atoms with E-state index in [9.17, 15) is 18.0 Å². The summed E-state index contributed by atoms with van der Waals surface area (Å²) < 4.78 is 27.3. The smallest absolute Gasteiger partial charge is 0.272 e. The van der Waals surface area contributed by atoms with Gasteiger partial charge >= 0.3 is 0 Å². The van der Waals surface area contributed by atoms with Crippen LogP contribution in [0.25, 0.3) is 5.69 Å². The Balaban J connectivity index is 1.52. The minimum Gasteiger partial charge on any atom is -0.289 e. The molecule has 0 aliphatic heterocycles. The van der Waals surface area contributed by atoms with Crippen molar-refractivity contribution in [3.05, 3.63) is 101 Å².